The van der Waals surface area contributed by atoms with E-state index in [1.54, 1.807) is 37.5 Å². The molecule has 0 aliphatic carbocycles. The minimum atomic E-state index is -0.628. The molecule has 0 spiro atoms. The van der Waals surface area contributed by atoms with Crippen molar-refractivity contribution in [1.29, 1.82) is 0 Å². The minimum absolute atomic E-state index is 0.108. The lowest BCUT2D eigenvalue weighted by Crippen LogP contribution is -2.51. The SMILES string of the molecule is CCOC(=O)CCN(C(=O)OC(C)(C)C)C1CCN(C(=O)OC(C)(C)C)CC1. The molecule has 0 aromatic heterocycles. The second-order valence-electron chi connectivity index (χ2n) is 8.93. The van der Waals surface area contributed by atoms with E-state index in [1.165, 1.54) is 0 Å². The zero-order chi connectivity index (χ0) is 21.5. The molecule has 1 aliphatic rings. The average molecular weight is 401 g/mol. The van der Waals surface area contributed by atoms with Gasteiger partial charge in [0.25, 0.3) is 0 Å². The minimum Gasteiger partial charge on any atom is -0.466 e. The van der Waals surface area contributed by atoms with Crippen molar-refractivity contribution in [3.05, 3.63) is 0 Å². The van der Waals surface area contributed by atoms with Crippen molar-refractivity contribution in [3.63, 3.8) is 0 Å². The van der Waals surface area contributed by atoms with Gasteiger partial charge in [0, 0.05) is 25.7 Å². The Bertz CT molecular complexity index is 542. The number of esters is 1. The highest BCUT2D eigenvalue weighted by Crippen LogP contribution is 2.22. The van der Waals surface area contributed by atoms with Crippen LogP contribution in [0.2, 0.25) is 0 Å². The summed E-state index contributed by atoms with van der Waals surface area (Å²) in [6.45, 7) is 14.2. The summed E-state index contributed by atoms with van der Waals surface area (Å²) in [5.41, 5.74) is -1.17. The molecule has 8 nitrogen and oxygen atoms in total. The van der Waals surface area contributed by atoms with E-state index in [2.05, 4.69) is 0 Å². The number of carbonyl (C=O) groups excluding carboxylic acids is 3. The molecule has 0 unspecified atom stereocenters. The Balaban J connectivity index is 2.73. The first kappa shape index (κ1) is 24.0. The predicted molar refractivity (Wildman–Crippen MR) is 105 cm³/mol. The number of hydrogen-bond donors (Lipinski definition) is 0. The van der Waals surface area contributed by atoms with Crippen molar-refractivity contribution in [2.24, 2.45) is 0 Å². The first-order valence-electron chi connectivity index (χ1n) is 9.95. The zero-order valence-electron chi connectivity index (χ0n) is 18.4. The van der Waals surface area contributed by atoms with Crippen molar-refractivity contribution < 1.29 is 28.6 Å². The number of hydrogen-bond acceptors (Lipinski definition) is 6. The molecular formula is C20H36N2O6. The van der Waals surface area contributed by atoms with Crippen LogP contribution in [0.5, 0.6) is 0 Å². The van der Waals surface area contributed by atoms with Crippen LogP contribution in [0.4, 0.5) is 9.59 Å². The summed E-state index contributed by atoms with van der Waals surface area (Å²) in [7, 11) is 0. The molecule has 1 aliphatic heterocycles. The molecule has 0 N–H and O–H groups in total. The molecule has 1 heterocycles. The van der Waals surface area contributed by atoms with Crippen LogP contribution < -0.4 is 0 Å². The van der Waals surface area contributed by atoms with Crippen LogP contribution in [-0.4, -0.2) is 71.4 Å². The maximum atomic E-state index is 12.7. The highest BCUT2D eigenvalue weighted by Gasteiger charge is 2.33. The van der Waals surface area contributed by atoms with Crippen molar-refractivity contribution in [2.75, 3.05) is 26.2 Å². The maximum Gasteiger partial charge on any atom is 0.410 e. The molecule has 8 heteroatoms. The molecule has 0 aromatic carbocycles. The van der Waals surface area contributed by atoms with Crippen molar-refractivity contribution >= 4 is 18.2 Å². The first-order chi connectivity index (χ1) is 12.8. The summed E-state index contributed by atoms with van der Waals surface area (Å²) in [6, 6.07) is -0.108. The smallest absolute Gasteiger partial charge is 0.410 e. The zero-order valence-corrected chi connectivity index (χ0v) is 18.4. The molecule has 1 saturated heterocycles. The van der Waals surface area contributed by atoms with Gasteiger partial charge in [0.15, 0.2) is 0 Å². The molecule has 0 bridgehead atoms. The summed E-state index contributed by atoms with van der Waals surface area (Å²) in [4.78, 5) is 39.9. The monoisotopic (exact) mass is 400 g/mol. The van der Waals surface area contributed by atoms with Gasteiger partial charge in [-0.05, 0) is 61.3 Å². The van der Waals surface area contributed by atoms with E-state index in [-0.39, 0.29) is 31.1 Å². The second-order valence-corrected chi connectivity index (χ2v) is 8.93. The van der Waals surface area contributed by atoms with E-state index >= 15 is 0 Å². The third-order valence-electron chi connectivity index (χ3n) is 4.05. The first-order valence-corrected chi connectivity index (χ1v) is 9.95. The Labute approximate surface area is 168 Å². The number of ether oxygens (including phenoxy) is 3. The summed E-state index contributed by atoms with van der Waals surface area (Å²) >= 11 is 0. The van der Waals surface area contributed by atoms with E-state index in [1.807, 2.05) is 20.8 Å². The largest absolute Gasteiger partial charge is 0.466 e. The molecule has 162 valence electrons. The Hall–Kier alpha value is -1.99. The third-order valence-corrected chi connectivity index (χ3v) is 4.05. The fourth-order valence-corrected chi connectivity index (χ4v) is 2.87. The van der Waals surface area contributed by atoms with Crippen LogP contribution in [0.3, 0.4) is 0 Å². The quantitative estimate of drug-likeness (QED) is 0.518. The van der Waals surface area contributed by atoms with Crippen LogP contribution in [-0.2, 0) is 19.0 Å². The van der Waals surface area contributed by atoms with E-state index in [0.717, 1.165) is 0 Å². The van der Waals surface area contributed by atoms with E-state index in [9.17, 15) is 14.4 Å². The van der Waals surface area contributed by atoms with E-state index in [4.69, 9.17) is 14.2 Å². The number of carbonyl (C=O) groups is 3. The lowest BCUT2D eigenvalue weighted by atomic mass is 10.0. The van der Waals surface area contributed by atoms with Crippen LogP contribution >= 0.6 is 0 Å². The van der Waals surface area contributed by atoms with Crippen LogP contribution in [0.1, 0.15) is 67.7 Å². The highest BCUT2D eigenvalue weighted by molar-refractivity contribution is 5.72. The summed E-state index contributed by atoms with van der Waals surface area (Å²) in [6.07, 6.45) is 0.510. The van der Waals surface area contributed by atoms with Crippen LogP contribution in [0, 0.1) is 0 Å². The Morgan fingerprint density at radius 1 is 0.964 bits per heavy atom. The number of piperidine rings is 1. The Kier molecular flexibility index (Phi) is 8.57. The van der Waals surface area contributed by atoms with Gasteiger partial charge in [-0.3, -0.25) is 4.79 Å². The normalized spacial score (nSPS) is 15.8. The average Bonchev–Trinajstić information content (AvgIpc) is 2.52. The second kappa shape index (κ2) is 9.98. The topological polar surface area (TPSA) is 85.4 Å². The van der Waals surface area contributed by atoms with Crippen LogP contribution in [0.15, 0.2) is 0 Å². The summed E-state index contributed by atoms with van der Waals surface area (Å²) in [5, 5.41) is 0. The van der Waals surface area contributed by atoms with Gasteiger partial charge in [-0.15, -0.1) is 0 Å². The molecule has 0 atom stereocenters. The number of rotatable bonds is 5. The maximum absolute atomic E-state index is 12.7. The van der Waals surface area contributed by atoms with Gasteiger partial charge in [0.1, 0.15) is 11.2 Å². The van der Waals surface area contributed by atoms with Gasteiger partial charge in [0.05, 0.1) is 13.0 Å². The summed E-state index contributed by atoms with van der Waals surface area (Å²) in [5.74, 6) is -0.345. The lowest BCUT2D eigenvalue weighted by molar-refractivity contribution is -0.143. The van der Waals surface area contributed by atoms with Crippen LogP contribution in [0.25, 0.3) is 0 Å². The number of amides is 2. The van der Waals surface area contributed by atoms with E-state index in [0.29, 0.717) is 32.5 Å². The fourth-order valence-electron chi connectivity index (χ4n) is 2.87. The summed E-state index contributed by atoms with van der Waals surface area (Å²) < 4.78 is 15.9. The van der Waals surface area contributed by atoms with Crippen molar-refractivity contribution in [3.8, 4) is 0 Å². The highest BCUT2D eigenvalue weighted by atomic mass is 16.6. The fraction of sp³-hybridized carbons (Fsp3) is 0.850. The Morgan fingerprint density at radius 3 is 1.96 bits per heavy atom. The molecule has 2 amide bonds. The van der Waals surface area contributed by atoms with Gasteiger partial charge in [0.2, 0.25) is 0 Å². The molecule has 28 heavy (non-hydrogen) atoms. The number of nitrogens with zero attached hydrogens (tertiary/aromatic N) is 2. The Morgan fingerprint density at radius 2 is 1.50 bits per heavy atom. The third kappa shape index (κ3) is 8.80. The van der Waals surface area contributed by atoms with Gasteiger partial charge >= 0.3 is 18.2 Å². The van der Waals surface area contributed by atoms with Gasteiger partial charge < -0.3 is 24.0 Å². The molecule has 0 saturated carbocycles. The molecule has 1 fully saturated rings. The van der Waals surface area contributed by atoms with Gasteiger partial charge in [-0.1, -0.05) is 0 Å². The number of likely N-dealkylation sites (tertiary alicyclic amines) is 1. The van der Waals surface area contributed by atoms with Crippen molar-refractivity contribution in [1.82, 2.24) is 9.80 Å². The lowest BCUT2D eigenvalue weighted by Gasteiger charge is -2.39. The van der Waals surface area contributed by atoms with Gasteiger partial charge in [-0.2, -0.15) is 0 Å². The standard InChI is InChI=1S/C20H36N2O6/c1-8-26-16(23)11-14-22(18(25)28-20(5,6)7)15-9-12-21(13-10-15)17(24)27-19(2,3)4/h15H,8-14H2,1-7H3. The predicted octanol–water partition coefficient (Wildman–Crippen LogP) is 3.58. The van der Waals surface area contributed by atoms with Crippen molar-refractivity contribution in [2.45, 2.75) is 85.0 Å². The molecule has 1 rings (SSSR count). The van der Waals surface area contributed by atoms with E-state index < -0.39 is 17.3 Å². The molecular weight excluding hydrogens is 364 g/mol. The van der Waals surface area contributed by atoms with Gasteiger partial charge in [-0.25, -0.2) is 9.59 Å². The molecule has 0 aromatic rings. The molecule has 0 radical (unpaired) electrons.